The summed E-state index contributed by atoms with van der Waals surface area (Å²) in [6.45, 7) is 9.97. The molecule has 110 valence electrons. The SMILES string of the molecule is CC(C)(C)NC(=O)Nc1ccc(N2CCNCC2)cc1. The van der Waals surface area contributed by atoms with E-state index in [0.717, 1.165) is 31.9 Å². The molecule has 5 nitrogen and oxygen atoms in total. The summed E-state index contributed by atoms with van der Waals surface area (Å²) >= 11 is 0. The van der Waals surface area contributed by atoms with Gasteiger partial charge in [-0.05, 0) is 45.0 Å². The summed E-state index contributed by atoms with van der Waals surface area (Å²) in [5, 5.41) is 9.06. The van der Waals surface area contributed by atoms with Crippen LogP contribution in [0.4, 0.5) is 16.2 Å². The number of nitrogens with zero attached hydrogens (tertiary/aromatic N) is 1. The van der Waals surface area contributed by atoms with Crippen LogP contribution in [-0.2, 0) is 0 Å². The largest absolute Gasteiger partial charge is 0.369 e. The molecule has 5 heteroatoms. The van der Waals surface area contributed by atoms with Crippen molar-refractivity contribution in [1.82, 2.24) is 10.6 Å². The Kier molecular flexibility index (Phi) is 4.49. The van der Waals surface area contributed by atoms with Gasteiger partial charge in [-0.15, -0.1) is 0 Å². The minimum atomic E-state index is -0.231. The lowest BCUT2D eigenvalue weighted by molar-refractivity contribution is 0.244. The lowest BCUT2D eigenvalue weighted by Crippen LogP contribution is -2.43. The van der Waals surface area contributed by atoms with E-state index in [1.54, 1.807) is 0 Å². The molecule has 3 N–H and O–H groups in total. The molecule has 0 saturated carbocycles. The number of carbonyl (C=O) groups is 1. The second kappa shape index (κ2) is 6.13. The fourth-order valence-corrected chi connectivity index (χ4v) is 2.18. The van der Waals surface area contributed by atoms with Gasteiger partial charge in [-0.25, -0.2) is 4.79 Å². The first-order valence-corrected chi connectivity index (χ1v) is 7.09. The molecule has 0 radical (unpaired) electrons. The summed E-state index contributed by atoms with van der Waals surface area (Å²) in [7, 11) is 0. The van der Waals surface area contributed by atoms with Crippen molar-refractivity contribution in [2.75, 3.05) is 36.4 Å². The number of piperazine rings is 1. The van der Waals surface area contributed by atoms with Gasteiger partial charge >= 0.3 is 6.03 Å². The maximum Gasteiger partial charge on any atom is 0.319 e. The van der Waals surface area contributed by atoms with E-state index in [-0.39, 0.29) is 11.6 Å². The molecule has 1 fully saturated rings. The van der Waals surface area contributed by atoms with E-state index in [4.69, 9.17) is 0 Å². The standard InChI is InChI=1S/C15H24N4O/c1-15(2,3)18-14(20)17-12-4-6-13(7-5-12)19-10-8-16-9-11-19/h4-7,16H,8-11H2,1-3H3,(H2,17,18,20). The summed E-state index contributed by atoms with van der Waals surface area (Å²) < 4.78 is 0. The number of urea groups is 1. The highest BCUT2D eigenvalue weighted by atomic mass is 16.2. The minimum absolute atomic E-state index is 0.174. The van der Waals surface area contributed by atoms with Crippen LogP contribution in [-0.4, -0.2) is 37.7 Å². The lowest BCUT2D eigenvalue weighted by atomic mass is 10.1. The molecule has 1 aliphatic rings. The van der Waals surface area contributed by atoms with Crippen molar-refractivity contribution >= 4 is 17.4 Å². The Morgan fingerprint density at radius 1 is 1.15 bits per heavy atom. The predicted molar refractivity (Wildman–Crippen MR) is 83.4 cm³/mol. The lowest BCUT2D eigenvalue weighted by Gasteiger charge is -2.29. The Balaban J connectivity index is 1.92. The minimum Gasteiger partial charge on any atom is -0.369 e. The number of amides is 2. The Labute approximate surface area is 120 Å². The summed E-state index contributed by atoms with van der Waals surface area (Å²) in [4.78, 5) is 14.1. The molecule has 1 aromatic carbocycles. The van der Waals surface area contributed by atoms with Crippen molar-refractivity contribution in [2.24, 2.45) is 0 Å². The fraction of sp³-hybridized carbons (Fsp3) is 0.533. The summed E-state index contributed by atoms with van der Waals surface area (Å²) in [5.41, 5.74) is 1.78. The van der Waals surface area contributed by atoms with Crippen LogP contribution >= 0.6 is 0 Å². The number of carbonyl (C=O) groups excluding carboxylic acids is 1. The highest BCUT2D eigenvalue weighted by Crippen LogP contribution is 2.18. The number of nitrogens with one attached hydrogen (secondary N) is 3. The van der Waals surface area contributed by atoms with Crippen LogP contribution in [0.25, 0.3) is 0 Å². The van der Waals surface area contributed by atoms with Crippen LogP contribution in [0.5, 0.6) is 0 Å². The maximum atomic E-state index is 11.8. The molecule has 0 aliphatic carbocycles. The van der Waals surface area contributed by atoms with Gasteiger partial charge in [0.15, 0.2) is 0 Å². The molecule has 0 spiro atoms. The van der Waals surface area contributed by atoms with E-state index in [2.05, 4.69) is 33.0 Å². The van der Waals surface area contributed by atoms with Crippen molar-refractivity contribution < 1.29 is 4.79 Å². The zero-order valence-corrected chi connectivity index (χ0v) is 12.5. The normalized spacial score (nSPS) is 15.8. The van der Waals surface area contributed by atoms with Gasteiger partial charge < -0.3 is 20.9 Å². The third-order valence-corrected chi connectivity index (χ3v) is 3.10. The summed E-state index contributed by atoms with van der Waals surface area (Å²) in [5.74, 6) is 0. The monoisotopic (exact) mass is 276 g/mol. The van der Waals surface area contributed by atoms with Crippen LogP contribution in [0.2, 0.25) is 0 Å². The molecule has 1 aromatic rings. The van der Waals surface area contributed by atoms with Crippen molar-refractivity contribution in [2.45, 2.75) is 26.3 Å². The molecule has 0 bridgehead atoms. The van der Waals surface area contributed by atoms with Crippen LogP contribution in [0.15, 0.2) is 24.3 Å². The predicted octanol–water partition coefficient (Wildman–Crippen LogP) is 2.02. The smallest absolute Gasteiger partial charge is 0.319 e. The Hall–Kier alpha value is -1.75. The van der Waals surface area contributed by atoms with E-state index in [0.29, 0.717) is 0 Å². The molecule has 1 heterocycles. The molecule has 0 aromatic heterocycles. The average Bonchev–Trinajstić information content (AvgIpc) is 2.38. The van der Waals surface area contributed by atoms with E-state index >= 15 is 0 Å². The number of hydrogen-bond donors (Lipinski definition) is 3. The van der Waals surface area contributed by atoms with Crippen LogP contribution < -0.4 is 20.9 Å². The quantitative estimate of drug-likeness (QED) is 0.774. The third-order valence-electron chi connectivity index (χ3n) is 3.10. The topological polar surface area (TPSA) is 56.4 Å². The molecule has 0 unspecified atom stereocenters. The highest BCUT2D eigenvalue weighted by molar-refractivity contribution is 5.89. The van der Waals surface area contributed by atoms with Gasteiger partial charge in [-0.1, -0.05) is 0 Å². The van der Waals surface area contributed by atoms with Crippen LogP contribution in [0.1, 0.15) is 20.8 Å². The fourth-order valence-electron chi connectivity index (χ4n) is 2.18. The maximum absolute atomic E-state index is 11.8. The summed E-state index contributed by atoms with van der Waals surface area (Å²) in [6, 6.07) is 7.82. The van der Waals surface area contributed by atoms with Gasteiger partial charge in [0.25, 0.3) is 0 Å². The van der Waals surface area contributed by atoms with Gasteiger partial charge in [0.2, 0.25) is 0 Å². The van der Waals surface area contributed by atoms with Crippen molar-refractivity contribution in [3.8, 4) is 0 Å². The van der Waals surface area contributed by atoms with Crippen molar-refractivity contribution in [3.05, 3.63) is 24.3 Å². The number of benzene rings is 1. The van der Waals surface area contributed by atoms with Crippen LogP contribution in [0, 0.1) is 0 Å². The van der Waals surface area contributed by atoms with Crippen molar-refractivity contribution in [3.63, 3.8) is 0 Å². The Bertz CT molecular complexity index is 444. The van der Waals surface area contributed by atoms with Gasteiger partial charge in [-0.2, -0.15) is 0 Å². The van der Waals surface area contributed by atoms with E-state index < -0.39 is 0 Å². The molecule has 1 aliphatic heterocycles. The molecule has 2 amide bonds. The highest BCUT2D eigenvalue weighted by Gasteiger charge is 2.14. The molecule has 2 rings (SSSR count). The molecular weight excluding hydrogens is 252 g/mol. The Morgan fingerprint density at radius 2 is 1.75 bits per heavy atom. The first-order chi connectivity index (χ1) is 9.44. The molecule has 1 saturated heterocycles. The second-order valence-electron chi connectivity index (χ2n) is 6.11. The van der Waals surface area contributed by atoms with E-state index in [1.807, 2.05) is 32.9 Å². The first-order valence-electron chi connectivity index (χ1n) is 7.09. The third kappa shape index (κ3) is 4.42. The van der Waals surface area contributed by atoms with Gasteiger partial charge in [0.05, 0.1) is 0 Å². The zero-order chi connectivity index (χ0) is 14.6. The van der Waals surface area contributed by atoms with Crippen molar-refractivity contribution in [1.29, 1.82) is 0 Å². The van der Waals surface area contributed by atoms with Gasteiger partial charge in [0.1, 0.15) is 0 Å². The first kappa shape index (κ1) is 14.7. The van der Waals surface area contributed by atoms with E-state index in [1.165, 1.54) is 5.69 Å². The van der Waals surface area contributed by atoms with Crippen LogP contribution in [0.3, 0.4) is 0 Å². The Morgan fingerprint density at radius 3 is 2.30 bits per heavy atom. The molecular formula is C15H24N4O. The number of hydrogen-bond acceptors (Lipinski definition) is 3. The average molecular weight is 276 g/mol. The molecule has 0 atom stereocenters. The number of rotatable bonds is 2. The second-order valence-corrected chi connectivity index (χ2v) is 6.11. The van der Waals surface area contributed by atoms with Gasteiger partial charge in [0, 0.05) is 43.1 Å². The van der Waals surface area contributed by atoms with Gasteiger partial charge in [-0.3, -0.25) is 0 Å². The zero-order valence-electron chi connectivity index (χ0n) is 12.5. The summed E-state index contributed by atoms with van der Waals surface area (Å²) in [6.07, 6.45) is 0. The molecule has 20 heavy (non-hydrogen) atoms. The van der Waals surface area contributed by atoms with E-state index in [9.17, 15) is 4.79 Å². The number of anilines is 2.